The topological polar surface area (TPSA) is 52.5 Å². The van der Waals surface area contributed by atoms with Gasteiger partial charge in [0.2, 0.25) is 0 Å². The highest BCUT2D eigenvalue weighted by atomic mass is 16.3. The summed E-state index contributed by atoms with van der Waals surface area (Å²) in [6, 6.07) is 0. The van der Waals surface area contributed by atoms with E-state index in [2.05, 4.69) is 19.2 Å². The van der Waals surface area contributed by atoms with Crippen LogP contribution in [-0.4, -0.2) is 35.5 Å². The van der Waals surface area contributed by atoms with Crippen molar-refractivity contribution in [3.05, 3.63) is 0 Å². The van der Waals surface area contributed by atoms with Crippen LogP contribution in [0.1, 0.15) is 26.7 Å². The van der Waals surface area contributed by atoms with Gasteiger partial charge >= 0.3 is 0 Å². The second-order valence-electron chi connectivity index (χ2n) is 5.58. The summed E-state index contributed by atoms with van der Waals surface area (Å²) in [5.41, 5.74) is -0.710. The second-order valence-corrected chi connectivity index (χ2v) is 5.58. The average Bonchev–Trinajstić information content (AvgIpc) is 2.09. The molecule has 0 amide bonds. The molecule has 0 spiro atoms. The highest BCUT2D eigenvalue weighted by Gasteiger charge is 2.64. The van der Waals surface area contributed by atoms with Crippen LogP contribution in [0.25, 0.3) is 0 Å². The van der Waals surface area contributed by atoms with Crippen molar-refractivity contribution < 1.29 is 10.2 Å². The van der Waals surface area contributed by atoms with Gasteiger partial charge in [0.25, 0.3) is 0 Å². The fraction of sp³-hybridized carbons (Fsp3) is 1.00. The van der Waals surface area contributed by atoms with Crippen LogP contribution in [0.15, 0.2) is 0 Å². The molecular weight excluding hydrogens is 178 g/mol. The zero-order valence-corrected chi connectivity index (χ0v) is 9.25. The Balaban J connectivity index is 2.22. The molecule has 3 N–H and O–H groups in total. The molecule has 0 heterocycles. The van der Waals surface area contributed by atoms with E-state index in [1.54, 1.807) is 0 Å². The van der Waals surface area contributed by atoms with Crippen LogP contribution in [0.3, 0.4) is 0 Å². The summed E-state index contributed by atoms with van der Waals surface area (Å²) in [6.07, 6.45) is 1.27. The maximum absolute atomic E-state index is 10.5. The van der Waals surface area contributed by atoms with E-state index < -0.39 is 11.7 Å². The van der Waals surface area contributed by atoms with E-state index in [1.807, 2.05) is 7.05 Å². The minimum Gasteiger partial charge on any atom is -0.390 e. The van der Waals surface area contributed by atoms with E-state index in [1.165, 1.54) is 0 Å². The molecule has 2 bridgehead atoms. The molecule has 14 heavy (non-hydrogen) atoms. The summed E-state index contributed by atoms with van der Waals surface area (Å²) in [5, 5.41) is 23.4. The Kier molecular flexibility index (Phi) is 2.18. The van der Waals surface area contributed by atoms with Gasteiger partial charge in [0, 0.05) is 6.54 Å². The van der Waals surface area contributed by atoms with Crippen LogP contribution in [-0.2, 0) is 0 Å². The highest BCUT2D eigenvalue weighted by molar-refractivity contribution is 5.14. The van der Waals surface area contributed by atoms with E-state index in [0.29, 0.717) is 12.5 Å². The van der Waals surface area contributed by atoms with Gasteiger partial charge in [0.05, 0.1) is 6.10 Å². The minimum absolute atomic E-state index is 0.199. The fourth-order valence-electron chi connectivity index (χ4n) is 3.49. The summed E-state index contributed by atoms with van der Waals surface area (Å²) in [4.78, 5) is 0. The van der Waals surface area contributed by atoms with Gasteiger partial charge in [0.1, 0.15) is 5.60 Å². The van der Waals surface area contributed by atoms with Crippen molar-refractivity contribution in [1.29, 1.82) is 0 Å². The Morgan fingerprint density at radius 2 is 2.00 bits per heavy atom. The number of nitrogens with one attached hydrogen (secondary N) is 1. The van der Waals surface area contributed by atoms with E-state index in [4.69, 9.17) is 0 Å². The van der Waals surface area contributed by atoms with Gasteiger partial charge in [-0.05, 0) is 37.1 Å². The van der Waals surface area contributed by atoms with E-state index in [-0.39, 0.29) is 11.3 Å². The molecule has 82 valence electrons. The molecule has 3 heteroatoms. The Morgan fingerprint density at radius 3 is 2.50 bits per heavy atom. The number of hydrogen-bond donors (Lipinski definition) is 3. The van der Waals surface area contributed by atoms with Gasteiger partial charge in [-0.3, -0.25) is 0 Å². The molecule has 3 rings (SSSR count). The van der Waals surface area contributed by atoms with Gasteiger partial charge in [-0.15, -0.1) is 0 Å². The van der Waals surface area contributed by atoms with Crippen molar-refractivity contribution in [2.45, 2.75) is 38.4 Å². The standard InChI is InChI=1S/C11H21NO2/c1-10(2)7-4-8(10)11(14,6-12-3)9(13)5-7/h7-9,12-14H,4-6H2,1-3H3. The zero-order valence-electron chi connectivity index (χ0n) is 9.25. The largest absolute Gasteiger partial charge is 0.390 e. The van der Waals surface area contributed by atoms with Crippen molar-refractivity contribution in [2.24, 2.45) is 17.3 Å². The smallest absolute Gasteiger partial charge is 0.106 e. The van der Waals surface area contributed by atoms with Gasteiger partial charge in [0.15, 0.2) is 0 Å². The third kappa shape index (κ3) is 1.09. The number of aliphatic hydroxyl groups excluding tert-OH is 1. The average molecular weight is 199 g/mol. The number of fused-ring (bicyclic) bond motifs is 2. The molecule has 0 aliphatic heterocycles. The zero-order chi connectivity index (χ0) is 10.6. The molecule has 3 saturated carbocycles. The molecule has 0 aromatic heterocycles. The first-order valence-corrected chi connectivity index (χ1v) is 5.48. The normalized spacial score (nSPS) is 49.9. The summed E-state index contributed by atoms with van der Waals surface area (Å²) >= 11 is 0. The number of rotatable bonds is 2. The summed E-state index contributed by atoms with van der Waals surface area (Å²) < 4.78 is 0. The monoisotopic (exact) mass is 199 g/mol. The predicted molar refractivity (Wildman–Crippen MR) is 54.9 cm³/mol. The van der Waals surface area contributed by atoms with Gasteiger partial charge in [-0.2, -0.15) is 0 Å². The molecule has 3 fully saturated rings. The maximum Gasteiger partial charge on any atom is 0.106 e. The Morgan fingerprint density at radius 1 is 1.36 bits per heavy atom. The van der Waals surface area contributed by atoms with Crippen LogP contribution in [0, 0.1) is 17.3 Å². The van der Waals surface area contributed by atoms with Crippen LogP contribution in [0.2, 0.25) is 0 Å². The second kappa shape index (κ2) is 2.94. The summed E-state index contributed by atoms with van der Waals surface area (Å²) in [7, 11) is 1.82. The van der Waals surface area contributed by atoms with E-state index in [9.17, 15) is 10.2 Å². The minimum atomic E-state index is -0.910. The molecule has 4 atom stereocenters. The number of aliphatic hydroxyl groups is 2. The van der Waals surface area contributed by atoms with E-state index >= 15 is 0 Å². The molecule has 4 unspecified atom stereocenters. The van der Waals surface area contributed by atoms with Crippen molar-refractivity contribution in [2.75, 3.05) is 13.6 Å². The van der Waals surface area contributed by atoms with Crippen molar-refractivity contribution in [1.82, 2.24) is 5.32 Å². The third-order valence-electron chi connectivity index (χ3n) is 4.62. The first kappa shape index (κ1) is 10.4. The lowest BCUT2D eigenvalue weighted by molar-refractivity contribution is -0.250. The van der Waals surface area contributed by atoms with E-state index in [0.717, 1.165) is 12.8 Å². The maximum atomic E-state index is 10.5. The van der Waals surface area contributed by atoms with Gasteiger partial charge in [-0.1, -0.05) is 13.8 Å². The molecule has 3 nitrogen and oxygen atoms in total. The lowest BCUT2D eigenvalue weighted by atomic mass is 9.43. The fourth-order valence-corrected chi connectivity index (χ4v) is 3.49. The molecule has 0 saturated heterocycles. The van der Waals surface area contributed by atoms with Crippen molar-refractivity contribution in [3.63, 3.8) is 0 Å². The first-order valence-electron chi connectivity index (χ1n) is 5.48. The molecule has 3 aliphatic carbocycles. The quantitative estimate of drug-likeness (QED) is 0.602. The Bertz CT molecular complexity index is 241. The van der Waals surface area contributed by atoms with Crippen LogP contribution >= 0.6 is 0 Å². The van der Waals surface area contributed by atoms with Crippen LogP contribution < -0.4 is 5.32 Å². The molecule has 3 aliphatic rings. The van der Waals surface area contributed by atoms with Gasteiger partial charge < -0.3 is 15.5 Å². The van der Waals surface area contributed by atoms with Crippen LogP contribution in [0.4, 0.5) is 0 Å². The number of hydrogen-bond acceptors (Lipinski definition) is 3. The van der Waals surface area contributed by atoms with Crippen LogP contribution in [0.5, 0.6) is 0 Å². The highest BCUT2D eigenvalue weighted by Crippen LogP contribution is 2.62. The first-order chi connectivity index (χ1) is 6.43. The Hall–Kier alpha value is -0.120. The number of likely N-dealkylation sites (N-methyl/N-ethyl adjacent to an activating group) is 1. The van der Waals surface area contributed by atoms with Crippen molar-refractivity contribution in [3.8, 4) is 0 Å². The predicted octanol–water partition coefficient (Wildman–Crippen LogP) is 0.364. The Labute approximate surface area is 85.5 Å². The van der Waals surface area contributed by atoms with Crippen molar-refractivity contribution >= 4 is 0 Å². The summed E-state index contributed by atoms with van der Waals surface area (Å²) in [5.74, 6) is 0.843. The SMILES string of the molecule is CNCC1(O)C(O)CC2CC1C2(C)C. The van der Waals surface area contributed by atoms with Gasteiger partial charge in [-0.25, -0.2) is 0 Å². The third-order valence-corrected chi connectivity index (χ3v) is 4.62. The molecular formula is C11H21NO2. The summed E-state index contributed by atoms with van der Waals surface area (Å²) in [6.45, 7) is 4.91. The lowest BCUT2D eigenvalue weighted by Crippen LogP contribution is -2.70. The molecule has 0 aromatic rings. The lowest BCUT2D eigenvalue weighted by Gasteiger charge is -2.65. The molecule has 0 radical (unpaired) electrons. The molecule has 0 aromatic carbocycles.